The summed E-state index contributed by atoms with van der Waals surface area (Å²) in [7, 11) is 0. The standard InChI is InChI=1S/C22H42N2O14S/c1-13(27)24-14(10-23-36-7-6-34-3-2-33-4-5-35-8-9-39)17(29)21(15(28)11-25)38-22-20(32)19(31)18(30)16(12-26)37-22/h10,14-22,25-26,28-32,39H,2-9,11-12H2,1H3,(H,24,27)/b23-10+/t14-,15+,16-,17-,18+,19+,20-,21+,22+/m1/s1. The molecule has 17 heteroatoms. The van der Waals surface area contributed by atoms with E-state index in [0.717, 1.165) is 13.1 Å². The molecule has 0 aliphatic carbocycles. The number of ether oxygens (including phenoxy) is 5. The fraction of sp³-hybridized carbons (Fsp3) is 0.909. The summed E-state index contributed by atoms with van der Waals surface area (Å²) in [5.74, 6) is 0.0481. The van der Waals surface area contributed by atoms with Gasteiger partial charge < -0.3 is 69.6 Å². The minimum absolute atomic E-state index is 0.0223. The zero-order chi connectivity index (χ0) is 29.2. The molecule has 0 aromatic rings. The lowest BCUT2D eigenvalue weighted by atomic mass is 9.98. The van der Waals surface area contributed by atoms with Gasteiger partial charge in [0.1, 0.15) is 49.3 Å². The number of oxime groups is 1. The molecule has 8 N–H and O–H groups in total. The van der Waals surface area contributed by atoms with Crippen molar-refractivity contribution in [3.05, 3.63) is 0 Å². The zero-order valence-corrected chi connectivity index (χ0v) is 22.6. The number of nitrogens with one attached hydrogen (secondary N) is 1. The van der Waals surface area contributed by atoms with Crippen molar-refractivity contribution in [2.75, 3.05) is 65.2 Å². The fourth-order valence-corrected chi connectivity index (χ4v) is 3.48. The molecule has 1 heterocycles. The molecular weight excluding hydrogens is 548 g/mol. The maximum Gasteiger partial charge on any atom is 0.217 e. The average Bonchev–Trinajstić information content (AvgIpc) is 2.92. The van der Waals surface area contributed by atoms with Gasteiger partial charge in [-0.1, -0.05) is 5.16 Å². The predicted octanol–water partition coefficient (Wildman–Crippen LogP) is -4.63. The van der Waals surface area contributed by atoms with Crippen LogP contribution in [0.5, 0.6) is 0 Å². The van der Waals surface area contributed by atoms with Crippen molar-refractivity contribution in [2.45, 2.75) is 62.0 Å². The van der Waals surface area contributed by atoms with Gasteiger partial charge in [0.05, 0.1) is 65.1 Å². The van der Waals surface area contributed by atoms with Crippen LogP contribution in [0.25, 0.3) is 0 Å². The molecule has 0 aromatic heterocycles. The van der Waals surface area contributed by atoms with Crippen molar-refractivity contribution >= 4 is 24.8 Å². The zero-order valence-electron chi connectivity index (χ0n) is 21.7. The Morgan fingerprint density at radius 3 is 2.10 bits per heavy atom. The number of thiol groups is 1. The van der Waals surface area contributed by atoms with Gasteiger partial charge in [0.15, 0.2) is 6.29 Å². The van der Waals surface area contributed by atoms with Crippen LogP contribution in [0, 0.1) is 0 Å². The highest BCUT2D eigenvalue weighted by Crippen LogP contribution is 2.25. The van der Waals surface area contributed by atoms with Crippen LogP contribution in [-0.2, 0) is 33.3 Å². The van der Waals surface area contributed by atoms with Crippen LogP contribution in [0.2, 0.25) is 0 Å². The molecule has 0 spiro atoms. The van der Waals surface area contributed by atoms with Crippen molar-refractivity contribution in [1.29, 1.82) is 0 Å². The molecule has 39 heavy (non-hydrogen) atoms. The van der Waals surface area contributed by atoms with Gasteiger partial charge in [-0.2, -0.15) is 12.6 Å². The van der Waals surface area contributed by atoms with Gasteiger partial charge in [0.2, 0.25) is 5.91 Å². The third kappa shape index (κ3) is 13.3. The van der Waals surface area contributed by atoms with E-state index in [4.69, 9.17) is 28.5 Å². The van der Waals surface area contributed by atoms with E-state index in [0.29, 0.717) is 38.8 Å². The minimum Gasteiger partial charge on any atom is -0.394 e. The highest BCUT2D eigenvalue weighted by molar-refractivity contribution is 7.80. The number of aliphatic hydroxyl groups excluding tert-OH is 7. The Bertz CT molecular complexity index is 679. The van der Waals surface area contributed by atoms with E-state index in [9.17, 15) is 40.5 Å². The molecule has 0 unspecified atom stereocenters. The van der Waals surface area contributed by atoms with Gasteiger partial charge in [-0.05, 0) is 0 Å². The summed E-state index contributed by atoms with van der Waals surface area (Å²) in [5.41, 5.74) is 0. The lowest BCUT2D eigenvalue weighted by Gasteiger charge is -2.42. The summed E-state index contributed by atoms with van der Waals surface area (Å²) < 4.78 is 26.5. The van der Waals surface area contributed by atoms with Crippen molar-refractivity contribution in [2.24, 2.45) is 5.16 Å². The van der Waals surface area contributed by atoms with Crippen molar-refractivity contribution in [3.8, 4) is 0 Å². The Kier molecular flexibility index (Phi) is 19.0. The lowest BCUT2D eigenvalue weighted by molar-refractivity contribution is -0.324. The van der Waals surface area contributed by atoms with E-state index in [-0.39, 0.29) is 13.2 Å². The maximum atomic E-state index is 11.7. The van der Waals surface area contributed by atoms with Gasteiger partial charge in [-0.15, -0.1) is 0 Å². The van der Waals surface area contributed by atoms with Crippen LogP contribution in [-0.4, -0.2) is 168 Å². The number of rotatable bonds is 21. The first-order chi connectivity index (χ1) is 18.7. The van der Waals surface area contributed by atoms with E-state index in [1.165, 1.54) is 0 Å². The largest absolute Gasteiger partial charge is 0.394 e. The van der Waals surface area contributed by atoms with Crippen LogP contribution in [0.15, 0.2) is 5.16 Å². The number of nitrogens with zero attached hydrogens (tertiary/aromatic N) is 1. The first-order valence-electron chi connectivity index (χ1n) is 12.4. The molecule has 1 saturated heterocycles. The summed E-state index contributed by atoms with van der Waals surface area (Å²) in [6, 6.07) is -1.31. The summed E-state index contributed by atoms with van der Waals surface area (Å²) in [5, 5.41) is 76.1. The molecule has 1 aliphatic heterocycles. The van der Waals surface area contributed by atoms with Crippen LogP contribution in [0.3, 0.4) is 0 Å². The summed E-state index contributed by atoms with van der Waals surface area (Å²) in [6.45, 7) is 1.81. The van der Waals surface area contributed by atoms with Gasteiger partial charge in [-0.25, -0.2) is 0 Å². The number of aliphatic hydroxyl groups is 7. The highest BCUT2D eigenvalue weighted by atomic mass is 32.1. The molecule has 0 aromatic carbocycles. The monoisotopic (exact) mass is 590 g/mol. The minimum atomic E-state index is -1.84. The van der Waals surface area contributed by atoms with Crippen LogP contribution >= 0.6 is 12.6 Å². The van der Waals surface area contributed by atoms with Crippen LogP contribution in [0.4, 0.5) is 0 Å². The first kappa shape index (κ1) is 35.8. The second kappa shape index (κ2) is 20.7. The molecule has 16 nitrogen and oxygen atoms in total. The fourth-order valence-electron chi connectivity index (χ4n) is 3.35. The molecule has 1 rings (SSSR count). The smallest absolute Gasteiger partial charge is 0.217 e. The lowest BCUT2D eigenvalue weighted by Crippen LogP contribution is -2.62. The molecule has 0 bridgehead atoms. The number of hydrogen-bond donors (Lipinski definition) is 9. The van der Waals surface area contributed by atoms with Gasteiger partial charge in [-0.3, -0.25) is 4.79 Å². The number of hydrogen-bond acceptors (Lipinski definition) is 16. The molecule has 0 radical (unpaired) electrons. The topological polar surface area (TPSA) is 238 Å². The van der Waals surface area contributed by atoms with Gasteiger partial charge >= 0.3 is 0 Å². The maximum absolute atomic E-state index is 11.7. The third-order valence-corrected chi connectivity index (χ3v) is 5.56. The molecule has 1 amide bonds. The molecule has 230 valence electrons. The summed E-state index contributed by atoms with van der Waals surface area (Å²) >= 11 is 4.02. The molecule has 1 aliphatic rings. The van der Waals surface area contributed by atoms with Crippen molar-refractivity contribution in [3.63, 3.8) is 0 Å². The van der Waals surface area contributed by atoms with Crippen molar-refractivity contribution < 1.29 is 69.1 Å². The van der Waals surface area contributed by atoms with E-state index in [2.05, 4.69) is 23.1 Å². The Morgan fingerprint density at radius 2 is 1.56 bits per heavy atom. The predicted molar refractivity (Wildman–Crippen MR) is 136 cm³/mol. The average molecular weight is 591 g/mol. The number of carbonyl (C=O) groups is 1. The second-order valence-corrected chi connectivity index (χ2v) is 8.86. The Morgan fingerprint density at radius 1 is 0.974 bits per heavy atom. The molecule has 1 fully saturated rings. The summed E-state index contributed by atoms with van der Waals surface area (Å²) in [4.78, 5) is 16.7. The van der Waals surface area contributed by atoms with Gasteiger partial charge in [0.25, 0.3) is 0 Å². The molecule has 0 saturated carbocycles. The Labute approximate surface area is 231 Å². The first-order valence-corrected chi connectivity index (χ1v) is 13.0. The SMILES string of the molecule is CC(=O)N[C@H](/C=N/OCCOCCOCCOCCS)[C@@H](O)[C@@H](O[C@@H]1O[C@H](CO)[C@H](O)[C@H](O)[C@H]1O)[C@@H](O)CO. The van der Waals surface area contributed by atoms with E-state index in [1.807, 2.05) is 0 Å². The third-order valence-electron chi connectivity index (χ3n) is 5.38. The highest BCUT2D eigenvalue weighted by Gasteiger charge is 2.46. The molecule has 9 atom stereocenters. The van der Waals surface area contributed by atoms with Crippen LogP contribution < -0.4 is 5.32 Å². The van der Waals surface area contributed by atoms with E-state index >= 15 is 0 Å². The number of carbonyl (C=O) groups excluding carboxylic acids is 1. The number of amides is 1. The van der Waals surface area contributed by atoms with Crippen LogP contribution in [0.1, 0.15) is 6.92 Å². The Balaban J connectivity index is 2.64. The molecular formula is C22H42N2O14S. The normalized spacial score (nSPS) is 26.7. The van der Waals surface area contributed by atoms with E-state index in [1.54, 1.807) is 0 Å². The summed E-state index contributed by atoms with van der Waals surface area (Å²) in [6.07, 6.45) is -12.5. The van der Waals surface area contributed by atoms with Crippen molar-refractivity contribution in [1.82, 2.24) is 5.32 Å². The second-order valence-electron chi connectivity index (χ2n) is 8.41. The van der Waals surface area contributed by atoms with Gasteiger partial charge in [0, 0.05) is 12.7 Å². The Hall–Kier alpha value is -1.19. The quantitative estimate of drug-likeness (QED) is 0.0265. The van der Waals surface area contributed by atoms with E-state index < -0.39 is 74.2 Å².